The molecule has 1 aliphatic heterocycles. The third-order valence-electron chi connectivity index (χ3n) is 3.30. The van der Waals surface area contributed by atoms with Gasteiger partial charge in [0.25, 0.3) is 0 Å². The molecule has 1 saturated heterocycles. The van der Waals surface area contributed by atoms with Crippen molar-refractivity contribution in [3.8, 4) is 0 Å². The lowest BCUT2D eigenvalue weighted by Crippen LogP contribution is -2.27. The van der Waals surface area contributed by atoms with E-state index in [0.29, 0.717) is 24.5 Å². The molecule has 2 heterocycles. The number of carbonyl (C=O) groups is 2. The van der Waals surface area contributed by atoms with Crippen LogP contribution in [0.4, 0.5) is 16.2 Å². The summed E-state index contributed by atoms with van der Waals surface area (Å²) in [6.45, 7) is 1.29. The van der Waals surface area contributed by atoms with Crippen LogP contribution in [0.2, 0.25) is 0 Å². The normalized spacial score (nSPS) is 14.3. The molecule has 1 aromatic carbocycles. The second-order valence-corrected chi connectivity index (χ2v) is 5.96. The quantitative estimate of drug-likeness (QED) is 0.587. The van der Waals surface area contributed by atoms with Gasteiger partial charge in [0.2, 0.25) is 5.91 Å². The lowest BCUT2D eigenvalue weighted by atomic mass is 10.2. The molecule has 0 spiro atoms. The zero-order chi connectivity index (χ0) is 16.2. The number of furan rings is 1. The Morgan fingerprint density at radius 3 is 2.65 bits per heavy atom. The van der Waals surface area contributed by atoms with Crippen LogP contribution in [0.3, 0.4) is 0 Å². The molecule has 1 aliphatic rings. The molecule has 23 heavy (non-hydrogen) atoms. The van der Waals surface area contributed by atoms with Gasteiger partial charge < -0.3 is 15.1 Å². The molecular formula is C16H14IN3O3. The molecule has 0 saturated carbocycles. The number of hydrogen-bond donors (Lipinski definition) is 2. The van der Waals surface area contributed by atoms with Gasteiger partial charge >= 0.3 is 6.03 Å². The van der Waals surface area contributed by atoms with E-state index in [-0.39, 0.29) is 11.9 Å². The summed E-state index contributed by atoms with van der Waals surface area (Å²) in [5, 5.41) is 5.51. The van der Waals surface area contributed by atoms with Gasteiger partial charge in [0, 0.05) is 30.5 Å². The van der Waals surface area contributed by atoms with Crippen molar-refractivity contribution in [1.82, 2.24) is 5.32 Å². The number of anilines is 2. The zero-order valence-electron chi connectivity index (χ0n) is 12.1. The molecule has 118 valence electrons. The Morgan fingerprint density at radius 1 is 1.26 bits per heavy atom. The minimum Gasteiger partial charge on any atom is -0.451 e. The Bertz CT molecular complexity index is 752. The molecule has 1 aromatic heterocycles. The van der Waals surface area contributed by atoms with E-state index < -0.39 is 0 Å². The van der Waals surface area contributed by atoms with Crippen LogP contribution in [0.5, 0.6) is 0 Å². The van der Waals surface area contributed by atoms with Gasteiger partial charge in [-0.25, -0.2) is 4.79 Å². The predicted octanol–water partition coefficient (Wildman–Crippen LogP) is 3.07. The number of halogens is 1. The van der Waals surface area contributed by atoms with Crippen molar-refractivity contribution in [3.05, 3.63) is 52.0 Å². The number of rotatable bonds is 4. The van der Waals surface area contributed by atoms with Crippen LogP contribution in [0.25, 0.3) is 6.08 Å². The summed E-state index contributed by atoms with van der Waals surface area (Å²) >= 11 is 2.06. The number of hydrogen-bond acceptors (Lipinski definition) is 3. The number of nitrogens with zero attached hydrogens (tertiary/aromatic N) is 1. The van der Waals surface area contributed by atoms with E-state index in [4.69, 9.17) is 4.42 Å². The van der Waals surface area contributed by atoms with E-state index in [2.05, 4.69) is 33.2 Å². The van der Waals surface area contributed by atoms with E-state index in [0.717, 1.165) is 9.45 Å². The Hall–Kier alpha value is -2.29. The monoisotopic (exact) mass is 423 g/mol. The fourth-order valence-corrected chi connectivity index (χ4v) is 2.64. The minimum absolute atomic E-state index is 0.0993. The van der Waals surface area contributed by atoms with E-state index in [1.165, 1.54) is 6.08 Å². The van der Waals surface area contributed by atoms with E-state index in [9.17, 15) is 9.59 Å². The predicted molar refractivity (Wildman–Crippen MR) is 96.3 cm³/mol. The molecule has 7 heteroatoms. The maximum absolute atomic E-state index is 11.9. The summed E-state index contributed by atoms with van der Waals surface area (Å²) < 4.78 is 6.11. The summed E-state index contributed by atoms with van der Waals surface area (Å²) in [6, 6.07) is 10.7. The molecule has 2 N–H and O–H groups in total. The van der Waals surface area contributed by atoms with Crippen LogP contribution in [0.15, 0.2) is 46.9 Å². The fourth-order valence-electron chi connectivity index (χ4n) is 2.20. The number of urea groups is 1. The fraction of sp³-hybridized carbons (Fsp3) is 0.125. The van der Waals surface area contributed by atoms with Crippen molar-refractivity contribution in [1.29, 1.82) is 0 Å². The third kappa shape index (κ3) is 3.92. The summed E-state index contributed by atoms with van der Waals surface area (Å²) in [5.41, 5.74) is 1.47. The summed E-state index contributed by atoms with van der Waals surface area (Å²) in [4.78, 5) is 25.1. The molecule has 0 radical (unpaired) electrons. The van der Waals surface area contributed by atoms with Crippen molar-refractivity contribution in [2.75, 3.05) is 23.3 Å². The summed E-state index contributed by atoms with van der Waals surface area (Å²) in [5.74, 6) is 0.378. The molecule has 0 unspecified atom stereocenters. The number of amides is 3. The first-order valence-electron chi connectivity index (χ1n) is 7.02. The van der Waals surface area contributed by atoms with Gasteiger partial charge in [-0.1, -0.05) is 0 Å². The Kier molecular flexibility index (Phi) is 4.65. The van der Waals surface area contributed by atoms with Crippen molar-refractivity contribution < 1.29 is 14.0 Å². The second kappa shape index (κ2) is 6.86. The van der Waals surface area contributed by atoms with Crippen LogP contribution in [0, 0.1) is 3.77 Å². The zero-order valence-corrected chi connectivity index (χ0v) is 14.2. The van der Waals surface area contributed by atoms with Gasteiger partial charge in [-0.3, -0.25) is 9.69 Å². The second-order valence-electron chi connectivity index (χ2n) is 4.89. The Morgan fingerprint density at radius 2 is 2.04 bits per heavy atom. The molecule has 6 nitrogen and oxygen atoms in total. The highest BCUT2D eigenvalue weighted by Gasteiger charge is 2.20. The lowest BCUT2D eigenvalue weighted by molar-refractivity contribution is -0.111. The molecule has 0 bridgehead atoms. The van der Waals surface area contributed by atoms with Crippen LogP contribution >= 0.6 is 22.6 Å². The molecule has 1 fully saturated rings. The van der Waals surface area contributed by atoms with Gasteiger partial charge in [-0.15, -0.1) is 0 Å². The van der Waals surface area contributed by atoms with Gasteiger partial charge in [0.05, 0.1) is 0 Å². The average Bonchev–Trinajstić information content (AvgIpc) is 3.14. The lowest BCUT2D eigenvalue weighted by Gasteiger charge is -2.14. The minimum atomic E-state index is -0.247. The Labute approximate surface area is 146 Å². The maximum atomic E-state index is 11.9. The molecule has 0 aliphatic carbocycles. The first-order valence-corrected chi connectivity index (χ1v) is 8.09. The highest BCUT2D eigenvalue weighted by molar-refractivity contribution is 14.1. The maximum Gasteiger partial charge on any atom is 0.321 e. The molecule has 2 aromatic rings. The van der Waals surface area contributed by atoms with Crippen molar-refractivity contribution in [3.63, 3.8) is 0 Å². The van der Waals surface area contributed by atoms with Crippen LogP contribution in [-0.2, 0) is 4.79 Å². The first-order chi connectivity index (χ1) is 11.1. The highest BCUT2D eigenvalue weighted by Crippen LogP contribution is 2.19. The van der Waals surface area contributed by atoms with Crippen molar-refractivity contribution >= 4 is 52.0 Å². The number of carbonyl (C=O) groups excluding carboxylic acids is 2. The topological polar surface area (TPSA) is 74.6 Å². The van der Waals surface area contributed by atoms with Crippen molar-refractivity contribution in [2.45, 2.75) is 0 Å². The highest BCUT2D eigenvalue weighted by atomic mass is 127. The van der Waals surface area contributed by atoms with Crippen molar-refractivity contribution in [2.24, 2.45) is 0 Å². The number of benzene rings is 1. The summed E-state index contributed by atoms with van der Waals surface area (Å²) in [6.07, 6.45) is 3.02. The van der Waals surface area contributed by atoms with E-state index >= 15 is 0 Å². The first kappa shape index (κ1) is 15.6. The van der Waals surface area contributed by atoms with Crippen LogP contribution in [-0.4, -0.2) is 25.0 Å². The van der Waals surface area contributed by atoms with Gasteiger partial charge in [0.1, 0.15) is 5.76 Å². The molecule has 0 atom stereocenters. The number of nitrogens with one attached hydrogen (secondary N) is 2. The molecular weight excluding hydrogens is 409 g/mol. The average molecular weight is 423 g/mol. The van der Waals surface area contributed by atoms with Crippen LogP contribution < -0.4 is 15.5 Å². The summed E-state index contributed by atoms with van der Waals surface area (Å²) in [7, 11) is 0. The Balaban J connectivity index is 1.60. The van der Waals surface area contributed by atoms with E-state index in [1.54, 1.807) is 41.3 Å². The standard InChI is InChI=1S/C16H14IN3O3/c17-14-7-5-13(23-14)6-8-15(21)19-11-1-3-12(4-2-11)20-10-9-18-16(20)22/h1-8H,9-10H2,(H,18,22)(H,19,21)/b8-6+. The largest absolute Gasteiger partial charge is 0.451 e. The van der Waals surface area contributed by atoms with Gasteiger partial charge in [-0.05, 0) is 65.1 Å². The molecule has 3 amide bonds. The van der Waals surface area contributed by atoms with Gasteiger partial charge in [-0.2, -0.15) is 0 Å². The smallest absolute Gasteiger partial charge is 0.321 e. The van der Waals surface area contributed by atoms with E-state index in [1.807, 2.05) is 6.07 Å². The third-order valence-corrected chi connectivity index (χ3v) is 3.88. The van der Waals surface area contributed by atoms with Crippen LogP contribution in [0.1, 0.15) is 5.76 Å². The van der Waals surface area contributed by atoms with Gasteiger partial charge in [0.15, 0.2) is 3.77 Å². The SMILES string of the molecule is O=C(/C=C/c1ccc(I)o1)Nc1ccc(N2CCNC2=O)cc1. The molecule has 3 rings (SSSR count).